The molecule has 3 N–H and O–H groups in total. The number of nitrogens with one attached hydrogen (secondary N) is 1. The van der Waals surface area contributed by atoms with Gasteiger partial charge in [0.1, 0.15) is 0 Å². The third kappa shape index (κ3) is 3.94. The fraction of sp³-hybridized carbons (Fsp3) is 0.750. The Balaban J connectivity index is 3.95. The van der Waals surface area contributed by atoms with E-state index in [0.29, 0.717) is 0 Å². The maximum absolute atomic E-state index is 10.9. The van der Waals surface area contributed by atoms with E-state index in [1.165, 1.54) is 0 Å². The Morgan fingerprint density at radius 1 is 1.67 bits per heavy atom. The van der Waals surface area contributed by atoms with E-state index in [1.807, 2.05) is 26.1 Å². The van der Waals surface area contributed by atoms with Crippen molar-refractivity contribution in [2.24, 2.45) is 11.1 Å². The summed E-state index contributed by atoms with van der Waals surface area (Å²) in [6.45, 7) is 5.87. The highest BCUT2D eigenvalue weighted by Gasteiger charge is 2.22. The van der Waals surface area contributed by atoms with E-state index in [2.05, 4.69) is 0 Å². The zero-order valence-electron chi connectivity index (χ0n) is 7.72. The van der Waals surface area contributed by atoms with Crippen LogP contribution >= 0.6 is 0 Å². The van der Waals surface area contributed by atoms with Crippen molar-refractivity contribution in [3.8, 4) is 6.19 Å². The van der Waals surface area contributed by atoms with Gasteiger partial charge in [-0.25, -0.2) is 0 Å². The average Bonchev–Trinajstić information content (AvgIpc) is 1.85. The fourth-order valence-electron chi connectivity index (χ4n) is 0.619. The molecule has 0 fully saturated rings. The molecule has 4 nitrogen and oxygen atoms in total. The summed E-state index contributed by atoms with van der Waals surface area (Å²) in [4.78, 5) is 10.9. The van der Waals surface area contributed by atoms with Crippen molar-refractivity contribution in [3.05, 3.63) is 0 Å². The molecule has 0 radical (unpaired) electrons. The first-order valence-corrected chi connectivity index (χ1v) is 3.81. The minimum Gasteiger partial charge on any atom is -0.327 e. The quantitative estimate of drug-likeness (QED) is 0.462. The van der Waals surface area contributed by atoms with Crippen LogP contribution in [0.15, 0.2) is 0 Å². The first-order valence-electron chi connectivity index (χ1n) is 3.81. The van der Waals surface area contributed by atoms with E-state index in [1.54, 1.807) is 6.19 Å². The molecule has 0 aromatic heterocycles. The largest absolute Gasteiger partial charge is 0.327 e. The monoisotopic (exact) mass is 169 g/mol. The first kappa shape index (κ1) is 10.9. The fourth-order valence-corrected chi connectivity index (χ4v) is 0.619. The maximum Gasteiger partial charge on any atom is 0.234 e. The molecular weight excluding hydrogens is 154 g/mol. The second-order valence-electron chi connectivity index (χ2n) is 3.84. The average molecular weight is 169 g/mol. The van der Waals surface area contributed by atoms with E-state index < -0.39 is 0 Å². The van der Waals surface area contributed by atoms with Crippen molar-refractivity contribution in [2.45, 2.75) is 33.2 Å². The number of nitriles is 1. The Morgan fingerprint density at radius 2 is 2.17 bits per heavy atom. The van der Waals surface area contributed by atoms with E-state index in [9.17, 15) is 4.79 Å². The van der Waals surface area contributed by atoms with Crippen molar-refractivity contribution in [3.63, 3.8) is 0 Å². The molecule has 1 amide bonds. The van der Waals surface area contributed by atoms with E-state index in [4.69, 9.17) is 11.0 Å². The Hall–Kier alpha value is -1.08. The van der Waals surface area contributed by atoms with Crippen molar-refractivity contribution in [1.29, 1.82) is 5.26 Å². The standard InChI is InChI=1S/C8H15N3O/c1-8(2,3)6(10)4-7(12)11-5-9/h6H,4,10H2,1-3H3,(H,11,12). The van der Waals surface area contributed by atoms with Gasteiger partial charge in [-0.2, -0.15) is 5.26 Å². The first-order chi connectivity index (χ1) is 5.38. The summed E-state index contributed by atoms with van der Waals surface area (Å²) >= 11 is 0. The van der Waals surface area contributed by atoms with Crippen molar-refractivity contribution in [1.82, 2.24) is 5.32 Å². The Morgan fingerprint density at radius 3 is 2.50 bits per heavy atom. The van der Waals surface area contributed by atoms with Crippen LogP contribution in [-0.4, -0.2) is 11.9 Å². The maximum atomic E-state index is 10.9. The van der Waals surface area contributed by atoms with Crippen LogP contribution in [-0.2, 0) is 4.79 Å². The van der Waals surface area contributed by atoms with E-state index in [0.717, 1.165) is 0 Å². The van der Waals surface area contributed by atoms with Crippen LogP contribution in [0, 0.1) is 16.9 Å². The van der Waals surface area contributed by atoms with Crippen molar-refractivity contribution < 1.29 is 4.79 Å². The second-order valence-corrected chi connectivity index (χ2v) is 3.84. The van der Waals surface area contributed by atoms with E-state index in [-0.39, 0.29) is 23.8 Å². The summed E-state index contributed by atoms with van der Waals surface area (Å²) in [7, 11) is 0. The van der Waals surface area contributed by atoms with Gasteiger partial charge in [0.05, 0.1) is 0 Å². The number of carbonyl (C=O) groups excluding carboxylic acids is 1. The summed E-state index contributed by atoms with van der Waals surface area (Å²) in [6, 6.07) is -0.217. The molecule has 0 spiro atoms. The van der Waals surface area contributed by atoms with Crippen LogP contribution in [0.4, 0.5) is 0 Å². The van der Waals surface area contributed by atoms with Crippen LogP contribution in [0.25, 0.3) is 0 Å². The van der Waals surface area contributed by atoms with Crippen LogP contribution in [0.3, 0.4) is 0 Å². The van der Waals surface area contributed by atoms with Gasteiger partial charge in [0.25, 0.3) is 0 Å². The van der Waals surface area contributed by atoms with Gasteiger partial charge >= 0.3 is 0 Å². The Labute approximate surface area is 72.7 Å². The van der Waals surface area contributed by atoms with Gasteiger partial charge in [-0.1, -0.05) is 20.8 Å². The number of hydrogen-bond acceptors (Lipinski definition) is 3. The SMILES string of the molecule is CC(C)(C)C(N)CC(=O)NC#N. The van der Waals surface area contributed by atoms with E-state index >= 15 is 0 Å². The third-order valence-corrected chi connectivity index (χ3v) is 1.71. The summed E-state index contributed by atoms with van der Waals surface area (Å²) < 4.78 is 0. The summed E-state index contributed by atoms with van der Waals surface area (Å²) in [5.74, 6) is -0.320. The lowest BCUT2D eigenvalue weighted by atomic mass is 9.85. The molecule has 4 heteroatoms. The summed E-state index contributed by atoms with van der Waals surface area (Å²) in [5, 5.41) is 10.2. The molecule has 12 heavy (non-hydrogen) atoms. The molecule has 68 valence electrons. The molecule has 1 unspecified atom stereocenters. The molecule has 0 saturated heterocycles. The number of hydrogen-bond donors (Lipinski definition) is 2. The smallest absolute Gasteiger partial charge is 0.234 e. The van der Waals surface area contributed by atoms with Crippen LogP contribution in [0.2, 0.25) is 0 Å². The molecule has 0 aromatic rings. The molecule has 0 bridgehead atoms. The highest BCUT2D eigenvalue weighted by atomic mass is 16.1. The zero-order chi connectivity index (χ0) is 9.78. The van der Waals surface area contributed by atoms with Crippen molar-refractivity contribution in [2.75, 3.05) is 0 Å². The lowest BCUT2D eigenvalue weighted by Gasteiger charge is -2.25. The van der Waals surface area contributed by atoms with Gasteiger partial charge in [0.15, 0.2) is 6.19 Å². The second kappa shape index (κ2) is 4.07. The minimum atomic E-state index is -0.320. The number of nitrogens with two attached hydrogens (primary N) is 1. The van der Waals surface area contributed by atoms with Crippen molar-refractivity contribution >= 4 is 5.91 Å². The number of nitrogens with zero attached hydrogens (tertiary/aromatic N) is 1. The Bertz CT molecular complexity index is 199. The number of amides is 1. The molecule has 1 atom stereocenters. The van der Waals surface area contributed by atoms with Gasteiger partial charge in [0.2, 0.25) is 5.91 Å². The van der Waals surface area contributed by atoms with Gasteiger partial charge in [-0.05, 0) is 5.41 Å². The molecule has 0 aromatic carbocycles. The number of carbonyl (C=O) groups is 1. The topological polar surface area (TPSA) is 78.9 Å². The molecule has 0 aliphatic rings. The molecular formula is C8H15N3O. The zero-order valence-corrected chi connectivity index (χ0v) is 7.72. The number of rotatable bonds is 2. The van der Waals surface area contributed by atoms with Gasteiger partial charge in [-0.15, -0.1) is 0 Å². The van der Waals surface area contributed by atoms with Gasteiger partial charge in [0, 0.05) is 12.5 Å². The highest BCUT2D eigenvalue weighted by Crippen LogP contribution is 2.19. The molecule has 0 aliphatic heterocycles. The predicted molar refractivity (Wildman–Crippen MR) is 45.8 cm³/mol. The highest BCUT2D eigenvalue weighted by molar-refractivity contribution is 5.78. The lowest BCUT2D eigenvalue weighted by Crippen LogP contribution is -2.39. The molecule has 0 rings (SSSR count). The normalized spacial score (nSPS) is 13.2. The van der Waals surface area contributed by atoms with Gasteiger partial charge in [-0.3, -0.25) is 10.1 Å². The molecule has 0 heterocycles. The molecule has 0 aliphatic carbocycles. The third-order valence-electron chi connectivity index (χ3n) is 1.71. The predicted octanol–water partition coefficient (Wildman–Crippen LogP) is 0.347. The van der Waals surface area contributed by atoms with Crippen LogP contribution in [0.1, 0.15) is 27.2 Å². The van der Waals surface area contributed by atoms with Gasteiger partial charge < -0.3 is 5.73 Å². The van der Waals surface area contributed by atoms with Crippen LogP contribution in [0.5, 0.6) is 0 Å². The summed E-state index contributed by atoms with van der Waals surface area (Å²) in [5.41, 5.74) is 5.61. The Kier molecular flexibility index (Phi) is 3.71. The molecule has 0 saturated carbocycles. The summed E-state index contributed by atoms with van der Waals surface area (Å²) in [6.07, 6.45) is 1.76. The van der Waals surface area contributed by atoms with Crippen LogP contribution < -0.4 is 11.1 Å². The minimum absolute atomic E-state index is 0.104. The lowest BCUT2D eigenvalue weighted by molar-refractivity contribution is -0.120.